The topological polar surface area (TPSA) is 115 Å². The van der Waals surface area contributed by atoms with Gasteiger partial charge in [-0.1, -0.05) is 0 Å². The van der Waals surface area contributed by atoms with Crippen LogP contribution in [0.4, 0.5) is 26.3 Å². The Bertz CT molecular complexity index is 506. The summed E-state index contributed by atoms with van der Waals surface area (Å²) in [6, 6.07) is 0. The molecule has 0 unspecified atom stereocenters. The Morgan fingerprint density at radius 1 is 0.667 bits per heavy atom. The first-order valence-corrected chi connectivity index (χ1v) is 7.22. The Morgan fingerprint density at radius 2 is 0.857 bits per heavy atom. The minimum atomic E-state index is -6.47. The van der Waals surface area contributed by atoms with Crippen LogP contribution in [0.15, 0.2) is 10.6 Å². The van der Waals surface area contributed by atoms with Gasteiger partial charge in [0.2, 0.25) is 0 Å². The van der Waals surface area contributed by atoms with Gasteiger partial charge >= 0.3 is 33.0 Å². The summed E-state index contributed by atoms with van der Waals surface area (Å²) >= 11 is 0. The maximum Gasteiger partial charge on any atom is 0.381 e. The fourth-order valence-electron chi connectivity index (χ4n) is 1.43. The molecule has 0 atom stereocenters. The van der Waals surface area contributed by atoms with Crippen molar-refractivity contribution >= 4 is 74.3 Å². The van der Waals surface area contributed by atoms with Crippen molar-refractivity contribution in [1.29, 1.82) is 0 Å². The van der Waals surface area contributed by atoms with Crippen molar-refractivity contribution in [2.75, 3.05) is 0 Å². The molecule has 114 valence electrons. The molecule has 1 aliphatic rings. The molecule has 0 heterocycles. The Kier molecular flexibility index (Phi) is 7.69. The molecule has 6 nitrogen and oxygen atoms in total. The molecule has 0 spiro atoms. The average Bonchev–Trinajstić information content (AvgIpc) is 2.18. The molecule has 0 fully saturated rings. The first-order chi connectivity index (χ1) is 7.99. The van der Waals surface area contributed by atoms with Crippen molar-refractivity contribution in [2.24, 2.45) is 0 Å². The molecule has 1 aliphatic carbocycles. The largest absolute Gasteiger partial charge is 0.381 e. The van der Waals surface area contributed by atoms with E-state index in [0.29, 0.717) is 0 Å². The van der Waals surface area contributed by atoms with Crippen LogP contribution in [-0.2, 0) is 9.13 Å². The van der Waals surface area contributed by atoms with E-state index in [0.717, 1.165) is 0 Å². The van der Waals surface area contributed by atoms with E-state index in [2.05, 4.69) is 0 Å². The molecule has 0 amide bonds. The predicted octanol–water partition coefficient (Wildman–Crippen LogP) is 0.711. The number of halogens is 6. The molecule has 4 N–H and O–H groups in total. The summed E-state index contributed by atoms with van der Waals surface area (Å²) in [5.74, 6) is -18.6. The minimum absolute atomic E-state index is 0. The molecule has 0 aromatic heterocycles. The fourth-order valence-corrected chi connectivity index (χ4v) is 4.06. The summed E-state index contributed by atoms with van der Waals surface area (Å²) in [5.41, 5.74) is 0. The monoisotopic (exact) mass is 382 g/mol. The molecule has 16 heteroatoms. The summed E-state index contributed by atoms with van der Waals surface area (Å²) in [4.78, 5) is 33.7. The van der Waals surface area contributed by atoms with Gasteiger partial charge in [-0.05, 0) is 0 Å². The van der Waals surface area contributed by atoms with Gasteiger partial charge in [0.05, 0.1) is 0 Å². The molecule has 21 heavy (non-hydrogen) atoms. The molecule has 0 aromatic rings. The van der Waals surface area contributed by atoms with Gasteiger partial charge < -0.3 is 19.6 Å². The quantitative estimate of drug-likeness (QED) is 0.318. The average molecular weight is 382 g/mol. The zero-order chi connectivity index (χ0) is 15.7. The number of hydrogen-bond donors (Lipinski definition) is 4. The summed E-state index contributed by atoms with van der Waals surface area (Å²) in [6.07, 6.45) is 0. The van der Waals surface area contributed by atoms with Crippen LogP contribution in [0.3, 0.4) is 0 Å². The Hall–Kier alpha value is 1.62. The zero-order valence-electron chi connectivity index (χ0n) is 10.3. The van der Waals surface area contributed by atoms with Crippen molar-refractivity contribution < 1.29 is 55.0 Å². The first kappa shape index (κ1) is 24.9. The van der Waals surface area contributed by atoms with Gasteiger partial charge in [0.15, 0.2) is 0 Å². The molecule has 1 rings (SSSR count). The van der Waals surface area contributed by atoms with E-state index in [1.165, 1.54) is 0 Å². The van der Waals surface area contributed by atoms with Crippen LogP contribution in [-0.4, -0.2) is 96.5 Å². The van der Waals surface area contributed by atoms with Crippen LogP contribution in [0.5, 0.6) is 0 Å². The van der Waals surface area contributed by atoms with Crippen molar-refractivity contribution in [3.8, 4) is 0 Å². The summed E-state index contributed by atoms with van der Waals surface area (Å²) < 4.78 is 99.1. The third kappa shape index (κ3) is 3.67. The molecular weight excluding hydrogens is 378 g/mol. The molecule has 0 saturated carbocycles. The molecule has 0 bridgehead atoms. The minimum Gasteiger partial charge on any atom is -0.321 e. The van der Waals surface area contributed by atoms with Crippen LogP contribution < -0.4 is 0 Å². The zero-order valence-corrected chi connectivity index (χ0v) is 16.1. The number of hydrogen-bond acceptors (Lipinski definition) is 2. The van der Waals surface area contributed by atoms with E-state index in [-0.39, 0.29) is 59.1 Å². The normalized spacial score (nSPS) is 23.3. The molecule has 0 saturated heterocycles. The summed E-state index contributed by atoms with van der Waals surface area (Å²) in [6.45, 7) is 0. The van der Waals surface area contributed by atoms with Crippen LogP contribution in [0.2, 0.25) is 0 Å². The summed E-state index contributed by atoms with van der Waals surface area (Å²) in [5, 5.41) is -6.49. The third-order valence-electron chi connectivity index (χ3n) is 2.19. The Balaban J connectivity index is 0. The van der Waals surface area contributed by atoms with Crippen molar-refractivity contribution in [1.82, 2.24) is 0 Å². The van der Waals surface area contributed by atoms with Crippen molar-refractivity contribution in [3.05, 3.63) is 10.6 Å². The second-order valence-corrected chi connectivity index (χ2v) is 6.58. The predicted molar refractivity (Wildman–Crippen MR) is 57.5 cm³/mol. The van der Waals surface area contributed by atoms with E-state index < -0.39 is 43.6 Å². The number of alkyl halides is 6. The van der Waals surface area contributed by atoms with E-state index in [1.807, 2.05) is 0 Å². The second-order valence-electron chi connectivity index (χ2n) is 3.51. The Morgan fingerprint density at radius 3 is 1.00 bits per heavy atom. The van der Waals surface area contributed by atoms with Crippen LogP contribution in [0, 0.1) is 0 Å². The molecule has 0 aromatic carbocycles. The molecule has 0 aliphatic heterocycles. The van der Waals surface area contributed by atoms with Gasteiger partial charge in [0.25, 0.3) is 0 Å². The van der Waals surface area contributed by atoms with E-state index in [1.54, 1.807) is 0 Å². The van der Waals surface area contributed by atoms with Gasteiger partial charge in [-0.15, -0.1) is 0 Å². The molecular formula is C5H4F6Na2O6P2. The third-order valence-corrected chi connectivity index (χ3v) is 4.54. The standard InChI is InChI=1S/C5H4F6O6P2.2Na/c6-3(7)1(18(12,13)14)2(19(15,16)17)4(8,9)5(3,10)11;;/h(H2,12,13,14)(H2,15,16,17);;. The Labute approximate surface area is 156 Å². The number of allylic oxidation sites excluding steroid dienone is 2. The van der Waals surface area contributed by atoms with Crippen LogP contribution >= 0.6 is 15.2 Å². The van der Waals surface area contributed by atoms with Gasteiger partial charge in [-0.25, -0.2) is 0 Å². The smallest absolute Gasteiger partial charge is 0.321 e. The van der Waals surface area contributed by atoms with Gasteiger partial charge in [-0.2, -0.15) is 26.3 Å². The fraction of sp³-hybridized carbons (Fsp3) is 0.600. The van der Waals surface area contributed by atoms with Gasteiger partial charge in [0.1, 0.15) is 10.6 Å². The maximum absolute atomic E-state index is 13.0. The number of rotatable bonds is 2. The van der Waals surface area contributed by atoms with Crippen molar-refractivity contribution in [2.45, 2.75) is 17.8 Å². The van der Waals surface area contributed by atoms with E-state index in [4.69, 9.17) is 19.6 Å². The summed E-state index contributed by atoms with van der Waals surface area (Å²) in [7, 11) is -12.9. The second kappa shape index (κ2) is 6.50. The van der Waals surface area contributed by atoms with E-state index >= 15 is 0 Å². The van der Waals surface area contributed by atoms with Crippen molar-refractivity contribution in [3.63, 3.8) is 0 Å². The van der Waals surface area contributed by atoms with Crippen LogP contribution in [0.1, 0.15) is 0 Å². The van der Waals surface area contributed by atoms with Gasteiger partial charge in [0, 0.05) is 59.1 Å². The van der Waals surface area contributed by atoms with E-state index in [9.17, 15) is 35.5 Å². The molecule has 2 radical (unpaired) electrons. The SMILES string of the molecule is O=P(O)(O)C1=C(P(=O)(O)O)C(F)(F)C(F)(F)C1(F)F.[Na].[Na]. The van der Waals surface area contributed by atoms with Crippen LogP contribution in [0.25, 0.3) is 0 Å². The maximum atomic E-state index is 13.0. The first-order valence-electron chi connectivity index (χ1n) is 4.00. The van der Waals surface area contributed by atoms with Gasteiger partial charge in [-0.3, -0.25) is 9.13 Å².